The van der Waals surface area contributed by atoms with Crippen molar-refractivity contribution in [2.24, 2.45) is 0 Å². The molecule has 0 bridgehead atoms. The van der Waals surface area contributed by atoms with Gasteiger partial charge < -0.3 is 14.9 Å². The Morgan fingerprint density at radius 2 is 1.87 bits per heavy atom. The van der Waals surface area contributed by atoms with Crippen LogP contribution in [-0.2, 0) is 16.0 Å². The number of benzene rings is 1. The third-order valence-corrected chi connectivity index (χ3v) is 4.14. The minimum absolute atomic E-state index is 0.0736. The summed E-state index contributed by atoms with van der Waals surface area (Å²) in [6, 6.07) is 2.28. The van der Waals surface area contributed by atoms with E-state index in [1.807, 2.05) is 0 Å². The van der Waals surface area contributed by atoms with Gasteiger partial charge in [-0.1, -0.05) is 18.2 Å². The second-order valence-electron chi connectivity index (χ2n) is 5.31. The lowest BCUT2D eigenvalue weighted by Gasteiger charge is -2.34. The molecule has 0 radical (unpaired) electrons. The Labute approximate surface area is 138 Å². The van der Waals surface area contributed by atoms with E-state index in [4.69, 9.17) is 11.6 Å². The summed E-state index contributed by atoms with van der Waals surface area (Å²) in [5, 5.41) is 9.60. The molecule has 1 aliphatic rings. The van der Waals surface area contributed by atoms with E-state index in [-0.39, 0.29) is 35.4 Å². The molecule has 1 N–H and O–H groups in total. The van der Waals surface area contributed by atoms with Crippen LogP contribution in [0.5, 0.6) is 5.75 Å². The van der Waals surface area contributed by atoms with E-state index >= 15 is 0 Å². The van der Waals surface area contributed by atoms with Gasteiger partial charge in [0.2, 0.25) is 11.8 Å². The number of rotatable bonds is 4. The minimum atomic E-state index is -0.692. The van der Waals surface area contributed by atoms with Crippen LogP contribution in [0.1, 0.15) is 12.0 Å². The van der Waals surface area contributed by atoms with E-state index < -0.39 is 5.82 Å². The van der Waals surface area contributed by atoms with Crippen molar-refractivity contribution in [2.45, 2.75) is 12.8 Å². The quantitative estimate of drug-likeness (QED) is 0.852. The van der Waals surface area contributed by atoms with Gasteiger partial charge in [0, 0.05) is 38.7 Å². The predicted molar refractivity (Wildman–Crippen MR) is 84.8 cm³/mol. The normalized spacial score (nSPS) is 14.7. The number of aryl methyl sites for hydroxylation is 1. The predicted octanol–water partition coefficient (Wildman–Crippen LogP) is 1.97. The van der Waals surface area contributed by atoms with Crippen molar-refractivity contribution in [1.29, 1.82) is 0 Å². The standard InChI is InChI=1S/C16H18ClFN2O3/c1-2-15(22)19-5-7-20(8-6-19)16(23)4-3-11-9-12(17)13(18)10-14(11)21/h2,9-10,21H,1,3-8H2. The first-order chi connectivity index (χ1) is 10.9. The van der Waals surface area contributed by atoms with Crippen LogP contribution < -0.4 is 0 Å². The Hall–Kier alpha value is -2.08. The van der Waals surface area contributed by atoms with E-state index in [1.54, 1.807) is 9.80 Å². The van der Waals surface area contributed by atoms with Crippen molar-refractivity contribution in [3.63, 3.8) is 0 Å². The Morgan fingerprint density at radius 1 is 1.26 bits per heavy atom. The zero-order valence-electron chi connectivity index (χ0n) is 12.6. The fraction of sp³-hybridized carbons (Fsp3) is 0.375. The van der Waals surface area contributed by atoms with Crippen molar-refractivity contribution in [2.75, 3.05) is 26.2 Å². The van der Waals surface area contributed by atoms with E-state index in [1.165, 1.54) is 12.1 Å². The number of aromatic hydroxyl groups is 1. The lowest BCUT2D eigenvalue weighted by Crippen LogP contribution is -2.50. The third-order valence-electron chi connectivity index (χ3n) is 3.85. The Morgan fingerprint density at radius 3 is 2.48 bits per heavy atom. The van der Waals surface area contributed by atoms with Gasteiger partial charge in [-0.05, 0) is 24.1 Å². The van der Waals surface area contributed by atoms with E-state index in [2.05, 4.69) is 6.58 Å². The molecule has 0 aliphatic carbocycles. The number of amides is 2. The van der Waals surface area contributed by atoms with Crippen molar-refractivity contribution in [1.82, 2.24) is 9.80 Å². The maximum atomic E-state index is 13.2. The summed E-state index contributed by atoms with van der Waals surface area (Å²) in [4.78, 5) is 27.0. The molecular formula is C16H18ClFN2O3. The lowest BCUT2D eigenvalue weighted by atomic mass is 10.1. The number of phenols is 1. The van der Waals surface area contributed by atoms with Crippen molar-refractivity contribution >= 4 is 23.4 Å². The van der Waals surface area contributed by atoms with Crippen LogP contribution >= 0.6 is 11.6 Å². The molecule has 1 aliphatic heterocycles. The zero-order chi connectivity index (χ0) is 17.0. The van der Waals surface area contributed by atoms with Crippen LogP contribution in [0.2, 0.25) is 5.02 Å². The number of nitrogens with zero attached hydrogens (tertiary/aromatic N) is 2. The number of phenolic OH excluding ortho intramolecular Hbond substituents is 1. The molecule has 1 aromatic rings. The number of carbonyl (C=O) groups excluding carboxylic acids is 2. The molecule has 0 spiro atoms. The highest BCUT2D eigenvalue weighted by atomic mass is 35.5. The number of hydrogen-bond donors (Lipinski definition) is 1. The van der Waals surface area contributed by atoms with Crippen LogP contribution in [0.3, 0.4) is 0 Å². The van der Waals surface area contributed by atoms with Gasteiger partial charge in [-0.3, -0.25) is 9.59 Å². The van der Waals surface area contributed by atoms with Crippen LogP contribution in [0.15, 0.2) is 24.8 Å². The summed E-state index contributed by atoms with van der Waals surface area (Å²) in [7, 11) is 0. The molecule has 1 saturated heterocycles. The number of halogens is 2. The van der Waals surface area contributed by atoms with Crippen molar-refractivity contribution < 1.29 is 19.1 Å². The van der Waals surface area contributed by atoms with Gasteiger partial charge in [-0.2, -0.15) is 0 Å². The van der Waals surface area contributed by atoms with Crippen LogP contribution in [0.25, 0.3) is 0 Å². The Balaban J connectivity index is 1.88. The van der Waals surface area contributed by atoms with Crippen LogP contribution in [0.4, 0.5) is 4.39 Å². The fourth-order valence-corrected chi connectivity index (χ4v) is 2.67. The highest BCUT2D eigenvalue weighted by Crippen LogP contribution is 2.26. The summed E-state index contributed by atoms with van der Waals surface area (Å²) < 4.78 is 13.2. The van der Waals surface area contributed by atoms with Gasteiger partial charge in [0.05, 0.1) is 5.02 Å². The summed E-state index contributed by atoms with van der Waals surface area (Å²) >= 11 is 5.68. The number of hydrogen-bond acceptors (Lipinski definition) is 3. The third kappa shape index (κ3) is 4.22. The average Bonchev–Trinajstić information content (AvgIpc) is 2.56. The van der Waals surface area contributed by atoms with E-state index in [9.17, 15) is 19.1 Å². The number of piperazine rings is 1. The van der Waals surface area contributed by atoms with Gasteiger partial charge in [-0.25, -0.2) is 4.39 Å². The molecular weight excluding hydrogens is 323 g/mol. The van der Waals surface area contributed by atoms with Crippen LogP contribution in [-0.4, -0.2) is 52.9 Å². The molecule has 2 rings (SSSR count). The smallest absolute Gasteiger partial charge is 0.246 e. The minimum Gasteiger partial charge on any atom is -0.508 e. The molecule has 23 heavy (non-hydrogen) atoms. The highest BCUT2D eigenvalue weighted by Gasteiger charge is 2.22. The molecule has 0 saturated carbocycles. The van der Waals surface area contributed by atoms with E-state index in [0.717, 1.165) is 6.07 Å². The molecule has 1 aromatic carbocycles. The molecule has 2 amide bonds. The summed E-state index contributed by atoms with van der Waals surface area (Å²) in [6.45, 7) is 5.33. The molecule has 0 unspecified atom stereocenters. The maximum Gasteiger partial charge on any atom is 0.246 e. The topological polar surface area (TPSA) is 60.9 Å². The van der Waals surface area contributed by atoms with Gasteiger partial charge in [0.1, 0.15) is 11.6 Å². The molecule has 5 nitrogen and oxygen atoms in total. The van der Waals surface area contributed by atoms with E-state index in [0.29, 0.717) is 31.7 Å². The zero-order valence-corrected chi connectivity index (χ0v) is 13.4. The molecule has 0 aromatic heterocycles. The Bertz CT molecular complexity index is 628. The second-order valence-corrected chi connectivity index (χ2v) is 5.71. The largest absolute Gasteiger partial charge is 0.508 e. The lowest BCUT2D eigenvalue weighted by molar-refractivity contribution is -0.137. The molecule has 7 heteroatoms. The van der Waals surface area contributed by atoms with Crippen molar-refractivity contribution in [3.05, 3.63) is 41.2 Å². The average molecular weight is 341 g/mol. The van der Waals surface area contributed by atoms with Gasteiger partial charge in [0.15, 0.2) is 0 Å². The maximum absolute atomic E-state index is 13.2. The molecule has 1 fully saturated rings. The summed E-state index contributed by atoms with van der Waals surface area (Å²) in [5.74, 6) is -1.11. The van der Waals surface area contributed by atoms with Crippen LogP contribution in [0, 0.1) is 5.82 Å². The second kappa shape index (κ2) is 7.46. The van der Waals surface area contributed by atoms with Crippen molar-refractivity contribution in [3.8, 4) is 5.75 Å². The Kier molecular flexibility index (Phi) is 5.60. The summed E-state index contributed by atoms with van der Waals surface area (Å²) in [6.07, 6.45) is 1.72. The summed E-state index contributed by atoms with van der Waals surface area (Å²) in [5.41, 5.74) is 0.435. The first-order valence-corrected chi connectivity index (χ1v) is 7.66. The SMILES string of the molecule is C=CC(=O)N1CCN(C(=O)CCc2cc(Cl)c(F)cc2O)CC1. The van der Waals surface area contributed by atoms with Gasteiger partial charge in [-0.15, -0.1) is 0 Å². The highest BCUT2D eigenvalue weighted by molar-refractivity contribution is 6.30. The first kappa shape index (κ1) is 17.3. The number of carbonyl (C=O) groups is 2. The monoisotopic (exact) mass is 340 g/mol. The van der Waals surface area contributed by atoms with Gasteiger partial charge >= 0.3 is 0 Å². The fourth-order valence-electron chi connectivity index (χ4n) is 2.48. The molecule has 124 valence electrons. The first-order valence-electron chi connectivity index (χ1n) is 7.28. The molecule has 0 atom stereocenters. The molecule has 1 heterocycles. The van der Waals surface area contributed by atoms with Gasteiger partial charge in [0.25, 0.3) is 0 Å².